The standard InChI is InChI=1S/C13H14N2O2/c14-8-10-4-1-2-6-12(10)15-7-3-5-11(9-15)13(16)17/h1-2,4,6,11H,3,5,7,9H2,(H,16,17)/t11-/m0/s1. The van der Waals surface area contributed by atoms with Crippen molar-refractivity contribution in [3.8, 4) is 6.07 Å². The molecule has 1 aliphatic heterocycles. The van der Waals surface area contributed by atoms with E-state index in [0.29, 0.717) is 12.1 Å². The third kappa shape index (κ3) is 2.39. The van der Waals surface area contributed by atoms with Crippen LogP contribution in [0.4, 0.5) is 5.69 Å². The Hall–Kier alpha value is -2.02. The predicted octanol–water partition coefficient (Wildman–Crippen LogP) is 1.86. The molecule has 0 bridgehead atoms. The molecule has 17 heavy (non-hydrogen) atoms. The first-order valence-electron chi connectivity index (χ1n) is 5.69. The first-order valence-corrected chi connectivity index (χ1v) is 5.69. The van der Waals surface area contributed by atoms with E-state index < -0.39 is 5.97 Å². The van der Waals surface area contributed by atoms with Crippen molar-refractivity contribution < 1.29 is 9.90 Å². The average molecular weight is 230 g/mol. The van der Waals surface area contributed by atoms with Crippen molar-refractivity contribution in [1.29, 1.82) is 5.26 Å². The van der Waals surface area contributed by atoms with Crippen LogP contribution >= 0.6 is 0 Å². The third-order valence-corrected chi connectivity index (χ3v) is 3.14. The summed E-state index contributed by atoms with van der Waals surface area (Å²) < 4.78 is 0. The van der Waals surface area contributed by atoms with Crippen molar-refractivity contribution in [3.63, 3.8) is 0 Å². The lowest BCUT2D eigenvalue weighted by Gasteiger charge is -2.33. The van der Waals surface area contributed by atoms with E-state index in [1.54, 1.807) is 6.07 Å². The maximum absolute atomic E-state index is 11.0. The van der Waals surface area contributed by atoms with Crippen molar-refractivity contribution in [3.05, 3.63) is 29.8 Å². The molecule has 1 N–H and O–H groups in total. The van der Waals surface area contributed by atoms with E-state index in [0.717, 1.165) is 25.1 Å². The summed E-state index contributed by atoms with van der Waals surface area (Å²) in [6, 6.07) is 9.48. The molecule has 1 aliphatic rings. The van der Waals surface area contributed by atoms with Gasteiger partial charge in [0.05, 0.1) is 17.2 Å². The lowest BCUT2D eigenvalue weighted by molar-refractivity contribution is -0.141. The zero-order valence-corrected chi connectivity index (χ0v) is 9.47. The van der Waals surface area contributed by atoms with Gasteiger partial charge >= 0.3 is 5.97 Å². The summed E-state index contributed by atoms with van der Waals surface area (Å²) in [5.41, 5.74) is 1.46. The van der Waals surface area contributed by atoms with Crippen molar-refractivity contribution in [2.45, 2.75) is 12.8 Å². The molecule has 4 heteroatoms. The summed E-state index contributed by atoms with van der Waals surface area (Å²) in [4.78, 5) is 13.0. The summed E-state index contributed by atoms with van der Waals surface area (Å²) in [5.74, 6) is -1.07. The van der Waals surface area contributed by atoms with Gasteiger partial charge in [-0.05, 0) is 25.0 Å². The molecule has 1 atom stereocenters. The minimum Gasteiger partial charge on any atom is -0.481 e. The number of hydrogen-bond acceptors (Lipinski definition) is 3. The molecule has 0 spiro atoms. The molecule has 2 rings (SSSR count). The maximum Gasteiger partial charge on any atom is 0.308 e. The number of carboxylic acids is 1. The number of piperidine rings is 1. The highest BCUT2D eigenvalue weighted by Gasteiger charge is 2.26. The Morgan fingerprint density at radius 3 is 2.94 bits per heavy atom. The Morgan fingerprint density at radius 1 is 1.47 bits per heavy atom. The van der Waals surface area contributed by atoms with E-state index in [2.05, 4.69) is 6.07 Å². The summed E-state index contributed by atoms with van der Waals surface area (Å²) in [6.45, 7) is 1.32. The molecule has 1 aromatic rings. The van der Waals surface area contributed by atoms with Gasteiger partial charge in [0.1, 0.15) is 6.07 Å². The van der Waals surface area contributed by atoms with E-state index in [1.165, 1.54) is 0 Å². The van der Waals surface area contributed by atoms with Crippen LogP contribution in [0.3, 0.4) is 0 Å². The van der Waals surface area contributed by atoms with Crippen LogP contribution in [0.2, 0.25) is 0 Å². The number of carbonyl (C=O) groups is 1. The molecule has 0 radical (unpaired) electrons. The Balaban J connectivity index is 2.22. The Bertz CT molecular complexity index is 465. The van der Waals surface area contributed by atoms with Crippen LogP contribution in [-0.4, -0.2) is 24.2 Å². The quantitative estimate of drug-likeness (QED) is 0.842. The number of aliphatic carboxylic acids is 1. The van der Waals surface area contributed by atoms with Crippen LogP contribution < -0.4 is 4.90 Å². The zero-order valence-electron chi connectivity index (χ0n) is 9.47. The minimum atomic E-state index is -0.746. The molecule has 88 valence electrons. The third-order valence-electron chi connectivity index (χ3n) is 3.14. The minimum absolute atomic E-state index is 0.324. The van der Waals surface area contributed by atoms with Gasteiger partial charge in [0, 0.05) is 13.1 Å². The highest BCUT2D eigenvalue weighted by atomic mass is 16.4. The Kier molecular flexibility index (Phi) is 3.29. The number of carboxylic acid groups (broad SMARTS) is 1. The fraction of sp³-hybridized carbons (Fsp3) is 0.385. The number of para-hydroxylation sites is 1. The van der Waals surface area contributed by atoms with Crippen molar-refractivity contribution in [1.82, 2.24) is 0 Å². The number of nitriles is 1. The molecule has 0 amide bonds. The van der Waals surface area contributed by atoms with Gasteiger partial charge in [0.2, 0.25) is 0 Å². The van der Waals surface area contributed by atoms with Gasteiger partial charge in [-0.15, -0.1) is 0 Å². The SMILES string of the molecule is N#Cc1ccccc1N1CCC[C@H](C(=O)O)C1. The fourth-order valence-corrected chi connectivity index (χ4v) is 2.24. The molecule has 1 fully saturated rings. The van der Waals surface area contributed by atoms with E-state index in [1.807, 2.05) is 23.1 Å². The smallest absolute Gasteiger partial charge is 0.308 e. The van der Waals surface area contributed by atoms with Crippen LogP contribution in [0.25, 0.3) is 0 Å². The van der Waals surface area contributed by atoms with Crippen molar-refractivity contribution in [2.24, 2.45) is 5.92 Å². The van der Waals surface area contributed by atoms with Gasteiger partial charge < -0.3 is 10.0 Å². The van der Waals surface area contributed by atoms with E-state index >= 15 is 0 Å². The number of hydrogen-bond donors (Lipinski definition) is 1. The predicted molar refractivity (Wildman–Crippen MR) is 63.7 cm³/mol. The topological polar surface area (TPSA) is 64.3 Å². The molecule has 1 aromatic carbocycles. The number of nitrogens with zero attached hydrogens (tertiary/aromatic N) is 2. The second kappa shape index (κ2) is 4.88. The highest BCUT2D eigenvalue weighted by molar-refractivity contribution is 5.72. The summed E-state index contributed by atoms with van der Waals surface area (Å²) in [7, 11) is 0. The second-order valence-corrected chi connectivity index (χ2v) is 4.25. The van der Waals surface area contributed by atoms with Crippen LogP contribution in [0.1, 0.15) is 18.4 Å². The first kappa shape index (κ1) is 11.5. The van der Waals surface area contributed by atoms with Crippen LogP contribution in [0, 0.1) is 17.2 Å². The Morgan fingerprint density at radius 2 is 2.24 bits per heavy atom. The molecule has 4 nitrogen and oxygen atoms in total. The van der Waals surface area contributed by atoms with Gasteiger partial charge in [0.25, 0.3) is 0 Å². The second-order valence-electron chi connectivity index (χ2n) is 4.25. The van der Waals surface area contributed by atoms with Gasteiger partial charge in [-0.3, -0.25) is 4.79 Å². The molecule has 0 saturated carbocycles. The maximum atomic E-state index is 11.0. The molecule has 1 saturated heterocycles. The van der Waals surface area contributed by atoms with Gasteiger partial charge in [-0.2, -0.15) is 5.26 Å². The van der Waals surface area contributed by atoms with Crippen molar-refractivity contribution in [2.75, 3.05) is 18.0 Å². The van der Waals surface area contributed by atoms with Gasteiger partial charge in [-0.25, -0.2) is 0 Å². The van der Waals surface area contributed by atoms with E-state index in [4.69, 9.17) is 10.4 Å². The zero-order chi connectivity index (χ0) is 12.3. The number of benzene rings is 1. The summed E-state index contributed by atoms with van der Waals surface area (Å²) in [6.07, 6.45) is 1.58. The average Bonchev–Trinajstić information content (AvgIpc) is 2.39. The summed E-state index contributed by atoms with van der Waals surface area (Å²) >= 11 is 0. The Labute approximate surface area is 100 Å². The van der Waals surface area contributed by atoms with Crippen LogP contribution in [0.5, 0.6) is 0 Å². The van der Waals surface area contributed by atoms with Crippen molar-refractivity contribution >= 4 is 11.7 Å². The van der Waals surface area contributed by atoms with Gasteiger partial charge in [0.15, 0.2) is 0 Å². The van der Waals surface area contributed by atoms with Gasteiger partial charge in [-0.1, -0.05) is 12.1 Å². The number of rotatable bonds is 2. The van der Waals surface area contributed by atoms with Crippen LogP contribution in [-0.2, 0) is 4.79 Å². The fourth-order valence-electron chi connectivity index (χ4n) is 2.24. The largest absolute Gasteiger partial charge is 0.481 e. The number of anilines is 1. The molecular formula is C13H14N2O2. The lowest BCUT2D eigenvalue weighted by Crippen LogP contribution is -2.39. The van der Waals surface area contributed by atoms with Crippen LogP contribution in [0.15, 0.2) is 24.3 Å². The molecular weight excluding hydrogens is 216 g/mol. The molecule has 0 unspecified atom stereocenters. The molecule has 1 heterocycles. The molecule has 0 aromatic heterocycles. The van der Waals surface area contributed by atoms with E-state index in [9.17, 15) is 4.79 Å². The molecule has 0 aliphatic carbocycles. The first-order chi connectivity index (χ1) is 8.22. The monoisotopic (exact) mass is 230 g/mol. The normalized spacial score (nSPS) is 19.7. The van der Waals surface area contributed by atoms with E-state index in [-0.39, 0.29) is 5.92 Å². The highest BCUT2D eigenvalue weighted by Crippen LogP contribution is 2.25. The summed E-state index contributed by atoms with van der Waals surface area (Å²) in [5, 5.41) is 18.1. The lowest BCUT2D eigenvalue weighted by atomic mass is 9.97.